The summed E-state index contributed by atoms with van der Waals surface area (Å²) in [4.78, 5) is 28.7. The highest BCUT2D eigenvalue weighted by Crippen LogP contribution is 2.32. The first-order valence-corrected chi connectivity index (χ1v) is 8.50. The SMILES string of the molecule is COc1ccccc1C1CNCCN1C(=O)C1CCN(C)C(=O)C1.Cl. The van der Waals surface area contributed by atoms with E-state index < -0.39 is 0 Å². The minimum absolute atomic E-state index is 0. The Balaban J connectivity index is 0.00000225. The van der Waals surface area contributed by atoms with E-state index in [1.807, 2.05) is 29.2 Å². The molecule has 2 amide bonds. The fraction of sp³-hybridized carbons (Fsp3) is 0.556. The molecule has 6 nitrogen and oxygen atoms in total. The van der Waals surface area contributed by atoms with E-state index in [0.717, 1.165) is 24.3 Å². The summed E-state index contributed by atoms with van der Waals surface area (Å²) < 4.78 is 5.48. The minimum Gasteiger partial charge on any atom is -0.496 e. The van der Waals surface area contributed by atoms with Crippen molar-refractivity contribution >= 4 is 24.2 Å². The largest absolute Gasteiger partial charge is 0.496 e. The summed E-state index contributed by atoms with van der Waals surface area (Å²) in [6.07, 6.45) is 1.06. The Bertz CT molecular complexity index is 625. The highest BCUT2D eigenvalue weighted by molar-refractivity contribution is 5.87. The number of carbonyl (C=O) groups is 2. The summed E-state index contributed by atoms with van der Waals surface area (Å²) in [5.74, 6) is 0.741. The van der Waals surface area contributed by atoms with E-state index in [1.54, 1.807) is 19.1 Å². The molecule has 0 aliphatic carbocycles. The monoisotopic (exact) mass is 367 g/mol. The van der Waals surface area contributed by atoms with Gasteiger partial charge in [-0.1, -0.05) is 18.2 Å². The molecule has 138 valence electrons. The van der Waals surface area contributed by atoms with Crippen molar-refractivity contribution in [3.63, 3.8) is 0 Å². The van der Waals surface area contributed by atoms with Crippen LogP contribution in [0.1, 0.15) is 24.4 Å². The molecule has 2 heterocycles. The summed E-state index contributed by atoms with van der Waals surface area (Å²) >= 11 is 0. The summed E-state index contributed by atoms with van der Waals surface area (Å²) in [6.45, 7) is 2.79. The predicted molar refractivity (Wildman–Crippen MR) is 97.9 cm³/mol. The van der Waals surface area contributed by atoms with Crippen molar-refractivity contribution in [1.29, 1.82) is 0 Å². The van der Waals surface area contributed by atoms with Crippen molar-refractivity contribution in [2.24, 2.45) is 5.92 Å². The van der Waals surface area contributed by atoms with Gasteiger partial charge in [0.1, 0.15) is 5.75 Å². The average molecular weight is 368 g/mol. The predicted octanol–water partition coefficient (Wildman–Crippen LogP) is 1.46. The molecule has 0 saturated carbocycles. The Kier molecular flexibility index (Phi) is 6.67. The van der Waals surface area contributed by atoms with Gasteiger partial charge in [0.25, 0.3) is 0 Å². The maximum Gasteiger partial charge on any atom is 0.226 e. The number of piperidine rings is 1. The molecule has 0 bridgehead atoms. The number of amides is 2. The van der Waals surface area contributed by atoms with Gasteiger partial charge in [-0.15, -0.1) is 12.4 Å². The number of methoxy groups -OCH3 is 1. The molecule has 2 saturated heterocycles. The second kappa shape index (κ2) is 8.54. The van der Waals surface area contributed by atoms with E-state index in [4.69, 9.17) is 4.74 Å². The van der Waals surface area contributed by atoms with Crippen LogP contribution in [0.4, 0.5) is 0 Å². The molecule has 1 aromatic carbocycles. The molecule has 2 aliphatic rings. The summed E-state index contributed by atoms with van der Waals surface area (Å²) in [7, 11) is 3.45. The van der Waals surface area contributed by atoms with Gasteiger partial charge in [-0.05, 0) is 12.5 Å². The maximum absolute atomic E-state index is 13.1. The lowest BCUT2D eigenvalue weighted by Gasteiger charge is -2.40. The number of para-hydroxylation sites is 1. The van der Waals surface area contributed by atoms with Gasteiger partial charge >= 0.3 is 0 Å². The van der Waals surface area contributed by atoms with Crippen molar-refractivity contribution in [2.45, 2.75) is 18.9 Å². The molecule has 7 heteroatoms. The van der Waals surface area contributed by atoms with Gasteiger partial charge in [-0.2, -0.15) is 0 Å². The maximum atomic E-state index is 13.1. The summed E-state index contributed by atoms with van der Waals surface area (Å²) in [5.41, 5.74) is 1.01. The quantitative estimate of drug-likeness (QED) is 0.878. The van der Waals surface area contributed by atoms with Crippen LogP contribution in [0.15, 0.2) is 24.3 Å². The number of halogens is 1. The number of likely N-dealkylation sites (tertiary alicyclic amines) is 1. The van der Waals surface area contributed by atoms with Gasteiger partial charge in [-0.25, -0.2) is 0 Å². The van der Waals surface area contributed by atoms with Crippen LogP contribution in [-0.4, -0.2) is 62.0 Å². The molecular weight excluding hydrogens is 342 g/mol. The molecule has 0 spiro atoms. The van der Waals surface area contributed by atoms with E-state index in [1.165, 1.54) is 0 Å². The zero-order valence-corrected chi connectivity index (χ0v) is 15.6. The van der Waals surface area contributed by atoms with Crippen molar-refractivity contribution in [2.75, 3.05) is 40.3 Å². The number of ether oxygens (including phenoxy) is 1. The van der Waals surface area contributed by atoms with Crippen LogP contribution in [0, 0.1) is 5.92 Å². The highest BCUT2D eigenvalue weighted by Gasteiger charge is 2.36. The third-order valence-corrected chi connectivity index (χ3v) is 5.03. The molecule has 25 heavy (non-hydrogen) atoms. The zero-order chi connectivity index (χ0) is 17.1. The van der Waals surface area contributed by atoms with Gasteiger partial charge in [-0.3, -0.25) is 9.59 Å². The van der Waals surface area contributed by atoms with E-state index in [0.29, 0.717) is 26.1 Å². The van der Waals surface area contributed by atoms with Gasteiger partial charge < -0.3 is 19.9 Å². The van der Waals surface area contributed by atoms with Crippen LogP contribution in [0.3, 0.4) is 0 Å². The van der Waals surface area contributed by atoms with E-state index in [-0.39, 0.29) is 36.2 Å². The number of nitrogens with zero attached hydrogens (tertiary/aromatic N) is 2. The first-order valence-electron chi connectivity index (χ1n) is 8.50. The lowest BCUT2D eigenvalue weighted by atomic mass is 9.92. The van der Waals surface area contributed by atoms with Crippen LogP contribution >= 0.6 is 12.4 Å². The second-order valence-electron chi connectivity index (χ2n) is 6.50. The van der Waals surface area contributed by atoms with Crippen molar-refractivity contribution < 1.29 is 14.3 Å². The standard InChI is InChI=1S/C18H25N3O3.ClH/c1-20-9-7-13(11-17(20)22)18(23)21-10-8-19-12-15(21)14-5-3-4-6-16(14)24-2;/h3-6,13,15,19H,7-12H2,1-2H3;1H. The van der Waals surface area contributed by atoms with Crippen molar-refractivity contribution in [3.05, 3.63) is 29.8 Å². The van der Waals surface area contributed by atoms with Gasteiger partial charge in [0, 0.05) is 51.1 Å². The molecule has 2 atom stereocenters. The number of hydrogen-bond acceptors (Lipinski definition) is 4. The van der Waals surface area contributed by atoms with Crippen LogP contribution < -0.4 is 10.1 Å². The fourth-order valence-electron chi connectivity index (χ4n) is 3.58. The van der Waals surface area contributed by atoms with Gasteiger partial charge in [0.05, 0.1) is 13.2 Å². The van der Waals surface area contributed by atoms with Crippen LogP contribution in [0.25, 0.3) is 0 Å². The lowest BCUT2D eigenvalue weighted by molar-refractivity contribution is -0.146. The molecule has 0 aromatic heterocycles. The van der Waals surface area contributed by atoms with Crippen LogP contribution in [0.2, 0.25) is 0 Å². The van der Waals surface area contributed by atoms with Gasteiger partial charge in [0.2, 0.25) is 11.8 Å². The Labute approximate surface area is 154 Å². The first-order chi connectivity index (χ1) is 11.6. The fourth-order valence-corrected chi connectivity index (χ4v) is 3.58. The van der Waals surface area contributed by atoms with Gasteiger partial charge in [0.15, 0.2) is 0 Å². The Morgan fingerprint density at radius 3 is 2.76 bits per heavy atom. The number of hydrogen-bond donors (Lipinski definition) is 1. The third-order valence-electron chi connectivity index (χ3n) is 5.03. The Morgan fingerprint density at radius 1 is 1.28 bits per heavy atom. The number of benzene rings is 1. The minimum atomic E-state index is -0.205. The molecule has 3 rings (SSSR count). The lowest BCUT2D eigenvalue weighted by Crippen LogP contribution is -2.52. The number of carbonyl (C=O) groups excluding carboxylic acids is 2. The van der Waals surface area contributed by atoms with E-state index in [2.05, 4.69) is 5.32 Å². The topological polar surface area (TPSA) is 61.9 Å². The average Bonchev–Trinajstić information content (AvgIpc) is 2.63. The summed E-state index contributed by atoms with van der Waals surface area (Å²) in [5, 5.41) is 3.36. The molecule has 0 radical (unpaired) electrons. The van der Waals surface area contributed by atoms with Crippen molar-refractivity contribution in [1.82, 2.24) is 15.1 Å². The number of piperazine rings is 1. The first kappa shape index (κ1) is 19.5. The Hall–Kier alpha value is -1.79. The molecule has 2 fully saturated rings. The molecule has 1 aromatic rings. The van der Waals surface area contributed by atoms with E-state index in [9.17, 15) is 9.59 Å². The molecule has 2 aliphatic heterocycles. The third kappa shape index (κ3) is 4.07. The highest BCUT2D eigenvalue weighted by atomic mass is 35.5. The number of rotatable bonds is 3. The molecule has 1 N–H and O–H groups in total. The van der Waals surface area contributed by atoms with E-state index >= 15 is 0 Å². The second-order valence-corrected chi connectivity index (χ2v) is 6.50. The van der Waals surface area contributed by atoms with Crippen molar-refractivity contribution in [3.8, 4) is 5.75 Å². The summed E-state index contributed by atoms with van der Waals surface area (Å²) in [6, 6.07) is 7.77. The van der Waals surface area contributed by atoms with Crippen LogP contribution in [-0.2, 0) is 9.59 Å². The van der Waals surface area contributed by atoms with Crippen LogP contribution in [0.5, 0.6) is 5.75 Å². The normalized spacial score (nSPS) is 23.8. The number of nitrogens with one attached hydrogen (secondary N) is 1. The smallest absolute Gasteiger partial charge is 0.226 e. The Morgan fingerprint density at radius 2 is 2.04 bits per heavy atom. The molecule has 2 unspecified atom stereocenters. The molecular formula is C18H26ClN3O3. The zero-order valence-electron chi connectivity index (χ0n) is 14.7.